The van der Waals surface area contributed by atoms with Gasteiger partial charge in [0.05, 0.1) is 12.6 Å². The van der Waals surface area contributed by atoms with E-state index in [0.717, 1.165) is 29.8 Å². The molecule has 4 heteroatoms. The minimum Gasteiger partial charge on any atom is -0.497 e. The molecule has 4 nitrogen and oxygen atoms in total. The van der Waals surface area contributed by atoms with Gasteiger partial charge in [0.1, 0.15) is 11.8 Å². The minimum absolute atomic E-state index is 0.361. The lowest BCUT2D eigenvalue weighted by molar-refractivity contribution is -0.139. The second-order valence-corrected chi connectivity index (χ2v) is 6.73. The Bertz CT molecular complexity index is 619. The number of anilines is 1. The zero-order valence-electron chi connectivity index (χ0n) is 14.7. The van der Waals surface area contributed by atoms with Crippen molar-refractivity contribution in [2.75, 3.05) is 12.0 Å². The number of hydrogen-bond donors (Lipinski definition) is 1. The number of hydrogen-bond acceptors (Lipinski definition) is 3. The van der Waals surface area contributed by atoms with Gasteiger partial charge in [-0.05, 0) is 44.9 Å². The van der Waals surface area contributed by atoms with Gasteiger partial charge >= 0.3 is 5.97 Å². The molecule has 2 rings (SSSR count). The van der Waals surface area contributed by atoms with E-state index in [1.54, 1.807) is 7.11 Å². The third-order valence-electron chi connectivity index (χ3n) is 4.51. The van der Waals surface area contributed by atoms with Crippen molar-refractivity contribution in [3.05, 3.63) is 29.8 Å². The first kappa shape index (κ1) is 17.4. The van der Waals surface area contributed by atoms with Crippen LogP contribution in [0.25, 0.3) is 5.57 Å². The standard InChI is InChI=1S/C19H27NO3/c1-6-7-8-16(18(21)22)20-17-11-14(23-5)9-10-15(17)13(2)12-19(20,3)4/h9-12,16H,6-8H2,1-5H3,(H,21,22)/t16-/m1/s1. The summed E-state index contributed by atoms with van der Waals surface area (Å²) in [6.07, 6.45) is 4.67. The van der Waals surface area contributed by atoms with Gasteiger partial charge in [0, 0.05) is 17.3 Å². The van der Waals surface area contributed by atoms with E-state index in [2.05, 4.69) is 33.8 Å². The number of benzene rings is 1. The number of ether oxygens (including phenoxy) is 1. The van der Waals surface area contributed by atoms with Crippen LogP contribution in [0.15, 0.2) is 24.3 Å². The van der Waals surface area contributed by atoms with Crippen LogP contribution in [0.5, 0.6) is 5.75 Å². The fourth-order valence-electron chi connectivity index (χ4n) is 3.49. The third kappa shape index (κ3) is 3.36. The number of fused-ring (bicyclic) bond motifs is 1. The molecule has 0 bridgehead atoms. The highest BCUT2D eigenvalue weighted by Gasteiger charge is 2.39. The molecule has 0 amide bonds. The first-order valence-electron chi connectivity index (χ1n) is 8.21. The molecule has 0 fully saturated rings. The summed E-state index contributed by atoms with van der Waals surface area (Å²) in [7, 11) is 1.63. The number of methoxy groups -OCH3 is 1. The van der Waals surface area contributed by atoms with Gasteiger partial charge in [0.2, 0.25) is 0 Å². The van der Waals surface area contributed by atoms with Crippen LogP contribution in [-0.4, -0.2) is 29.8 Å². The molecule has 126 valence electrons. The quantitative estimate of drug-likeness (QED) is 0.848. The van der Waals surface area contributed by atoms with E-state index >= 15 is 0 Å². The Morgan fingerprint density at radius 2 is 2.09 bits per heavy atom. The molecule has 0 aliphatic carbocycles. The van der Waals surface area contributed by atoms with Crippen molar-refractivity contribution in [1.29, 1.82) is 0 Å². The fraction of sp³-hybridized carbons (Fsp3) is 0.526. The van der Waals surface area contributed by atoms with Crippen LogP contribution in [-0.2, 0) is 4.79 Å². The van der Waals surface area contributed by atoms with Crippen molar-refractivity contribution < 1.29 is 14.6 Å². The van der Waals surface area contributed by atoms with Crippen molar-refractivity contribution >= 4 is 17.2 Å². The second kappa shape index (κ2) is 6.65. The van der Waals surface area contributed by atoms with Gasteiger partial charge in [-0.25, -0.2) is 4.79 Å². The summed E-state index contributed by atoms with van der Waals surface area (Å²) in [5, 5.41) is 9.81. The number of nitrogens with zero attached hydrogens (tertiary/aromatic N) is 1. The monoisotopic (exact) mass is 317 g/mol. The summed E-state index contributed by atoms with van der Waals surface area (Å²) in [5.41, 5.74) is 2.83. The van der Waals surface area contributed by atoms with Gasteiger partial charge in [-0.1, -0.05) is 25.8 Å². The van der Waals surface area contributed by atoms with Crippen LogP contribution in [0.4, 0.5) is 5.69 Å². The van der Waals surface area contributed by atoms with Crippen molar-refractivity contribution in [2.24, 2.45) is 0 Å². The van der Waals surface area contributed by atoms with Gasteiger partial charge in [-0.3, -0.25) is 0 Å². The van der Waals surface area contributed by atoms with Crippen LogP contribution >= 0.6 is 0 Å². The second-order valence-electron chi connectivity index (χ2n) is 6.73. The summed E-state index contributed by atoms with van der Waals surface area (Å²) in [5.74, 6) is -0.0212. The van der Waals surface area contributed by atoms with E-state index in [1.807, 2.05) is 23.1 Å². The molecule has 0 aromatic heterocycles. The lowest BCUT2D eigenvalue weighted by atomic mass is 9.86. The number of unbranched alkanes of at least 4 members (excludes halogenated alkanes) is 1. The average molecular weight is 317 g/mol. The molecule has 0 unspecified atom stereocenters. The highest BCUT2D eigenvalue weighted by Crippen LogP contribution is 2.42. The Kier molecular flexibility index (Phi) is 5.03. The lowest BCUT2D eigenvalue weighted by Crippen LogP contribution is -2.54. The maximum atomic E-state index is 11.9. The predicted molar refractivity (Wildman–Crippen MR) is 94.2 cm³/mol. The first-order valence-corrected chi connectivity index (χ1v) is 8.21. The number of rotatable bonds is 6. The summed E-state index contributed by atoms with van der Waals surface area (Å²) in [6, 6.07) is 5.35. The lowest BCUT2D eigenvalue weighted by Gasteiger charge is -2.46. The van der Waals surface area contributed by atoms with Gasteiger partial charge < -0.3 is 14.7 Å². The third-order valence-corrected chi connectivity index (χ3v) is 4.51. The summed E-state index contributed by atoms with van der Waals surface area (Å²) >= 11 is 0. The Morgan fingerprint density at radius 3 is 2.65 bits per heavy atom. The molecule has 1 heterocycles. The normalized spacial score (nSPS) is 17.3. The maximum Gasteiger partial charge on any atom is 0.326 e. The molecule has 1 atom stereocenters. The molecular weight excluding hydrogens is 290 g/mol. The number of carboxylic acid groups (broad SMARTS) is 1. The SMILES string of the molecule is CCCC[C@H](C(=O)O)N1c2cc(OC)ccc2C(C)=CC1(C)C. The first-order chi connectivity index (χ1) is 10.8. The van der Waals surface area contributed by atoms with Gasteiger partial charge in [0.15, 0.2) is 0 Å². The molecule has 1 aromatic rings. The molecular formula is C19H27NO3. The molecule has 0 spiro atoms. The van der Waals surface area contributed by atoms with Crippen LogP contribution < -0.4 is 9.64 Å². The molecule has 0 saturated carbocycles. The Balaban J connectivity index is 2.58. The smallest absolute Gasteiger partial charge is 0.326 e. The van der Waals surface area contributed by atoms with E-state index in [4.69, 9.17) is 4.74 Å². The Hall–Kier alpha value is -1.97. The van der Waals surface area contributed by atoms with Crippen molar-refractivity contribution in [3.63, 3.8) is 0 Å². The van der Waals surface area contributed by atoms with E-state index in [1.165, 1.54) is 5.57 Å². The number of aliphatic carboxylic acids is 1. The Morgan fingerprint density at radius 1 is 1.39 bits per heavy atom. The highest BCUT2D eigenvalue weighted by molar-refractivity contribution is 5.87. The zero-order valence-corrected chi connectivity index (χ0v) is 14.7. The van der Waals surface area contributed by atoms with E-state index in [0.29, 0.717) is 6.42 Å². The van der Waals surface area contributed by atoms with Crippen molar-refractivity contribution in [3.8, 4) is 5.75 Å². The van der Waals surface area contributed by atoms with Gasteiger partial charge in [-0.15, -0.1) is 0 Å². The minimum atomic E-state index is -0.770. The zero-order chi connectivity index (χ0) is 17.2. The van der Waals surface area contributed by atoms with Crippen LogP contribution in [0.1, 0.15) is 52.5 Å². The van der Waals surface area contributed by atoms with Crippen LogP contribution in [0.2, 0.25) is 0 Å². The van der Waals surface area contributed by atoms with E-state index in [9.17, 15) is 9.90 Å². The topological polar surface area (TPSA) is 49.8 Å². The Labute approximate surface area is 138 Å². The van der Waals surface area contributed by atoms with Gasteiger partial charge in [-0.2, -0.15) is 0 Å². The van der Waals surface area contributed by atoms with Crippen LogP contribution in [0.3, 0.4) is 0 Å². The molecule has 1 aliphatic heterocycles. The number of allylic oxidation sites excluding steroid dienone is 1. The highest BCUT2D eigenvalue weighted by atomic mass is 16.5. The molecule has 0 radical (unpaired) electrons. The van der Waals surface area contributed by atoms with E-state index < -0.39 is 12.0 Å². The molecule has 1 aromatic carbocycles. The number of carbonyl (C=O) groups is 1. The van der Waals surface area contributed by atoms with Crippen molar-refractivity contribution in [1.82, 2.24) is 0 Å². The van der Waals surface area contributed by atoms with Crippen molar-refractivity contribution in [2.45, 2.75) is 58.5 Å². The van der Waals surface area contributed by atoms with Gasteiger partial charge in [0.25, 0.3) is 0 Å². The number of carboxylic acids is 1. The summed E-state index contributed by atoms with van der Waals surface area (Å²) in [4.78, 5) is 14.0. The predicted octanol–water partition coefficient (Wildman–Crippen LogP) is 4.34. The molecule has 0 saturated heterocycles. The van der Waals surface area contributed by atoms with E-state index in [-0.39, 0.29) is 5.54 Å². The maximum absolute atomic E-state index is 11.9. The molecule has 1 aliphatic rings. The average Bonchev–Trinajstić information content (AvgIpc) is 2.48. The molecule has 1 N–H and O–H groups in total. The largest absolute Gasteiger partial charge is 0.497 e. The summed E-state index contributed by atoms with van der Waals surface area (Å²) < 4.78 is 5.36. The summed E-state index contributed by atoms with van der Waals surface area (Å²) in [6.45, 7) is 8.30. The fourth-order valence-corrected chi connectivity index (χ4v) is 3.49. The molecule has 23 heavy (non-hydrogen) atoms. The van der Waals surface area contributed by atoms with Crippen LogP contribution in [0, 0.1) is 0 Å².